The zero-order valence-electron chi connectivity index (χ0n) is 9.21. The second-order valence-corrected chi connectivity index (χ2v) is 4.19. The number of benzene rings is 2. The summed E-state index contributed by atoms with van der Waals surface area (Å²) in [6.07, 6.45) is 0. The average molecular weight is 249 g/mol. The predicted octanol–water partition coefficient (Wildman–Crippen LogP) is 4.35. The molecule has 0 fully saturated rings. The van der Waals surface area contributed by atoms with Gasteiger partial charge in [-0.05, 0) is 42.3 Å². The highest BCUT2D eigenvalue weighted by Crippen LogP contribution is 2.27. The summed E-state index contributed by atoms with van der Waals surface area (Å²) in [6.45, 7) is 1.42. The molecule has 0 saturated carbocycles. The van der Waals surface area contributed by atoms with Gasteiger partial charge in [-0.1, -0.05) is 29.8 Å². The van der Waals surface area contributed by atoms with Crippen molar-refractivity contribution < 1.29 is 9.18 Å². The first-order valence-corrected chi connectivity index (χ1v) is 5.52. The Kier molecular flexibility index (Phi) is 3.25. The van der Waals surface area contributed by atoms with Crippen molar-refractivity contribution in [2.24, 2.45) is 0 Å². The Balaban J connectivity index is 2.63. The molecule has 0 spiro atoms. The van der Waals surface area contributed by atoms with Crippen molar-refractivity contribution >= 4 is 17.4 Å². The number of hydrogen-bond donors (Lipinski definition) is 0. The summed E-state index contributed by atoms with van der Waals surface area (Å²) in [6, 6.07) is 11.3. The summed E-state index contributed by atoms with van der Waals surface area (Å²) in [5.41, 5.74) is 1.87. The molecule has 2 rings (SSSR count). The first-order valence-electron chi connectivity index (χ1n) is 5.14. The van der Waals surface area contributed by atoms with Crippen LogP contribution in [0.25, 0.3) is 11.1 Å². The largest absolute Gasteiger partial charge is 0.294 e. The van der Waals surface area contributed by atoms with Gasteiger partial charge in [0.05, 0.1) is 0 Å². The van der Waals surface area contributed by atoms with Crippen molar-refractivity contribution in [2.75, 3.05) is 0 Å². The zero-order chi connectivity index (χ0) is 12.4. The molecule has 0 bridgehead atoms. The number of rotatable bonds is 2. The van der Waals surface area contributed by atoms with E-state index in [4.69, 9.17) is 11.6 Å². The van der Waals surface area contributed by atoms with E-state index in [0.29, 0.717) is 16.1 Å². The summed E-state index contributed by atoms with van der Waals surface area (Å²) >= 11 is 5.90. The Morgan fingerprint density at radius 2 is 1.94 bits per heavy atom. The Bertz CT molecular complexity index is 578. The molecular formula is C14H10ClFO. The number of carbonyl (C=O) groups is 1. The number of carbonyl (C=O) groups excluding carboxylic acids is 1. The maximum atomic E-state index is 13.1. The van der Waals surface area contributed by atoms with Gasteiger partial charge >= 0.3 is 0 Å². The lowest BCUT2D eigenvalue weighted by atomic mass is 9.97. The van der Waals surface area contributed by atoms with Gasteiger partial charge in [0.1, 0.15) is 5.82 Å². The van der Waals surface area contributed by atoms with Gasteiger partial charge in [-0.25, -0.2) is 4.39 Å². The van der Waals surface area contributed by atoms with Crippen molar-refractivity contribution in [1.82, 2.24) is 0 Å². The summed E-state index contributed by atoms with van der Waals surface area (Å²) in [7, 11) is 0. The molecule has 17 heavy (non-hydrogen) atoms. The van der Waals surface area contributed by atoms with Crippen LogP contribution in [-0.2, 0) is 0 Å². The molecule has 86 valence electrons. The SMILES string of the molecule is CC(=O)c1cc(F)ccc1-c1cccc(Cl)c1. The van der Waals surface area contributed by atoms with Crippen LogP contribution in [0.15, 0.2) is 42.5 Å². The maximum absolute atomic E-state index is 13.1. The van der Waals surface area contributed by atoms with Crippen LogP contribution in [0.3, 0.4) is 0 Å². The summed E-state index contributed by atoms with van der Waals surface area (Å²) in [4.78, 5) is 11.5. The highest BCUT2D eigenvalue weighted by Gasteiger charge is 2.10. The lowest BCUT2D eigenvalue weighted by Crippen LogP contribution is -1.97. The van der Waals surface area contributed by atoms with Crippen molar-refractivity contribution in [2.45, 2.75) is 6.92 Å². The highest BCUT2D eigenvalue weighted by atomic mass is 35.5. The van der Waals surface area contributed by atoms with Crippen molar-refractivity contribution in [1.29, 1.82) is 0 Å². The Morgan fingerprint density at radius 1 is 1.18 bits per heavy atom. The molecule has 0 saturated heterocycles. The predicted molar refractivity (Wildman–Crippen MR) is 66.9 cm³/mol. The van der Waals surface area contributed by atoms with E-state index in [1.807, 2.05) is 6.07 Å². The van der Waals surface area contributed by atoms with E-state index in [1.54, 1.807) is 24.3 Å². The van der Waals surface area contributed by atoms with E-state index < -0.39 is 5.82 Å². The van der Waals surface area contributed by atoms with Gasteiger partial charge in [-0.15, -0.1) is 0 Å². The number of Topliss-reactive ketones (excluding diaryl/α,β-unsaturated/α-hetero) is 1. The van der Waals surface area contributed by atoms with Crippen LogP contribution < -0.4 is 0 Å². The lowest BCUT2D eigenvalue weighted by molar-refractivity contribution is 0.101. The molecule has 2 aromatic carbocycles. The Labute approximate surface area is 104 Å². The van der Waals surface area contributed by atoms with E-state index in [-0.39, 0.29) is 5.78 Å². The van der Waals surface area contributed by atoms with Gasteiger partial charge in [-0.3, -0.25) is 4.79 Å². The molecule has 0 N–H and O–H groups in total. The van der Waals surface area contributed by atoms with Crippen molar-refractivity contribution in [3.63, 3.8) is 0 Å². The normalized spacial score (nSPS) is 10.3. The van der Waals surface area contributed by atoms with Gasteiger partial charge in [0, 0.05) is 10.6 Å². The minimum atomic E-state index is -0.416. The fourth-order valence-electron chi connectivity index (χ4n) is 1.72. The molecule has 0 radical (unpaired) electrons. The standard InChI is InChI=1S/C14H10ClFO/c1-9(17)14-8-12(16)5-6-13(14)10-3-2-4-11(15)7-10/h2-8H,1H3. The molecule has 0 amide bonds. The van der Waals surface area contributed by atoms with Crippen LogP contribution >= 0.6 is 11.6 Å². The maximum Gasteiger partial charge on any atom is 0.160 e. The summed E-state index contributed by atoms with van der Waals surface area (Å²) in [5.74, 6) is -0.583. The number of hydrogen-bond acceptors (Lipinski definition) is 1. The highest BCUT2D eigenvalue weighted by molar-refractivity contribution is 6.30. The molecule has 3 heteroatoms. The van der Waals surface area contributed by atoms with Gasteiger partial charge in [0.2, 0.25) is 0 Å². The zero-order valence-corrected chi connectivity index (χ0v) is 9.96. The summed E-state index contributed by atoms with van der Waals surface area (Å²) < 4.78 is 13.1. The number of halogens is 2. The topological polar surface area (TPSA) is 17.1 Å². The van der Waals surface area contributed by atoms with E-state index in [9.17, 15) is 9.18 Å². The van der Waals surface area contributed by atoms with E-state index >= 15 is 0 Å². The molecule has 0 atom stereocenters. The van der Waals surface area contributed by atoms with E-state index in [2.05, 4.69) is 0 Å². The smallest absolute Gasteiger partial charge is 0.160 e. The molecule has 0 aromatic heterocycles. The van der Waals surface area contributed by atoms with Gasteiger partial charge < -0.3 is 0 Å². The third-order valence-electron chi connectivity index (χ3n) is 2.50. The molecule has 1 nitrogen and oxygen atoms in total. The molecule has 0 aliphatic heterocycles. The van der Waals surface area contributed by atoms with Crippen molar-refractivity contribution in [3.8, 4) is 11.1 Å². The quantitative estimate of drug-likeness (QED) is 0.722. The molecule has 0 unspecified atom stereocenters. The minimum absolute atomic E-state index is 0.167. The third kappa shape index (κ3) is 2.53. The van der Waals surface area contributed by atoms with E-state index in [1.165, 1.54) is 19.1 Å². The summed E-state index contributed by atoms with van der Waals surface area (Å²) in [5, 5.41) is 0.585. The van der Waals surface area contributed by atoms with E-state index in [0.717, 1.165) is 5.56 Å². The Hall–Kier alpha value is -1.67. The fraction of sp³-hybridized carbons (Fsp3) is 0.0714. The van der Waals surface area contributed by atoms with Crippen LogP contribution in [-0.4, -0.2) is 5.78 Å². The molecule has 2 aromatic rings. The first kappa shape index (κ1) is 11.8. The van der Waals surface area contributed by atoms with Crippen LogP contribution in [0.5, 0.6) is 0 Å². The van der Waals surface area contributed by atoms with Gasteiger partial charge in [0.25, 0.3) is 0 Å². The fourth-order valence-corrected chi connectivity index (χ4v) is 1.91. The Morgan fingerprint density at radius 3 is 2.59 bits per heavy atom. The molecule has 0 aliphatic rings. The molecule has 0 heterocycles. The first-order chi connectivity index (χ1) is 8.08. The van der Waals surface area contributed by atoms with Gasteiger partial charge in [-0.2, -0.15) is 0 Å². The van der Waals surface area contributed by atoms with Crippen molar-refractivity contribution in [3.05, 3.63) is 58.9 Å². The molecular weight excluding hydrogens is 239 g/mol. The second kappa shape index (κ2) is 4.68. The lowest BCUT2D eigenvalue weighted by Gasteiger charge is -2.07. The minimum Gasteiger partial charge on any atom is -0.294 e. The van der Waals surface area contributed by atoms with Crippen LogP contribution in [0, 0.1) is 5.82 Å². The third-order valence-corrected chi connectivity index (χ3v) is 2.73. The molecule has 0 aliphatic carbocycles. The van der Waals surface area contributed by atoms with Crippen LogP contribution in [0.2, 0.25) is 5.02 Å². The number of ketones is 1. The van der Waals surface area contributed by atoms with Gasteiger partial charge in [0.15, 0.2) is 5.78 Å². The monoisotopic (exact) mass is 248 g/mol. The average Bonchev–Trinajstić information content (AvgIpc) is 2.28. The second-order valence-electron chi connectivity index (χ2n) is 3.76. The van der Waals surface area contributed by atoms with Crippen LogP contribution in [0.1, 0.15) is 17.3 Å². The van der Waals surface area contributed by atoms with Crippen LogP contribution in [0.4, 0.5) is 4.39 Å².